The van der Waals surface area contributed by atoms with E-state index in [-0.39, 0.29) is 11.5 Å². The number of anilines is 1. The fraction of sp³-hybridized carbons (Fsp3) is 0.192. The zero-order valence-electron chi connectivity index (χ0n) is 19.0. The Balaban J connectivity index is 1.54. The summed E-state index contributed by atoms with van der Waals surface area (Å²) >= 11 is 0. The number of fused-ring (bicyclic) bond motifs is 3. The molecule has 0 saturated heterocycles. The largest absolute Gasteiger partial charge is 0.378 e. The molecule has 3 N–H and O–H groups in total. The average molecular weight is 479 g/mol. The Morgan fingerprint density at radius 2 is 1.54 bits per heavy atom. The Labute approximate surface area is 200 Å². The molecule has 3 amide bonds. The highest BCUT2D eigenvalue weighted by Gasteiger charge is 2.34. The predicted molar refractivity (Wildman–Crippen MR) is 125 cm³/mol. The van der Waals surface area contributed by atoms with Crippen molar-refractivity contribution in [2.75, 3.05) is 11.9 Å². The molecule has 0 spiro atoms. The first-order valence-corrected chi connectivity index (χ1v) is 10.9. The average Bonchev–Trinajstić information content (AvgIpc) is 2.92. The number of rotatable bonds is 5. The summed E-state index contributed by atoms with van der Waals surface area (Å²) in [5.41, 5.74) is 2.61. The maximum absolute atomic E-state index is 13.4. The van der Waals surface area contributed by atoms with Crippen LogP contribution >= 0.6 is 0 Å². The third-order valence-corrected chi connectivity index (χ3v) is 5.89. The van der Waals surface area contributed by atoms with Crippen molar-refractivity contribution in [3.05, 3.63) is 89.5 Å². The van der Waals surface area contributed by atoms with Gasteiger partial charge in [0.05, 0.1) is 5.69 Å². The van der Waals surface area contributed by atoms with E-state index < -0.39 is 41.6 Å². The van der Waals surface area contributed by atoms with Crippen LogP contribution in [0.2, 0.25) is 0 Å². The Kier molecular flexibility index (Phi) is 6.61. The van der Waals surface area contributed by atoms with E-state index in [1.165, 1.54) is 11.8 Å². The third-order valence-electron chi connectivity index (χ3n) is 5.89. The van der Waals surface area contributed by atoms with Crippen LogP contribution in [0.25, 0.3) is 11.1 Å². The normalized spacial score (nSPS) is 16.4. The summed E-state index contributed by atoms with van der Waals surface area (Å²) in [5.74, 6) is -3.97. The van der Waals surface area contributed by atoms with E-state index in [0.717, 1.165) is 23.3 Å². The molecule has 0 saturated carbocycles. The van der Waals surface area contributed by atoms with Crippen molar-refractivity contribution in [3.63, 3.8) is 0 Å². The summed E-state index contributed by atoms with van der Waals surface area (Å²) in [6.07, 6.45) is -1.89. The van der Waals surface area contributed by atoms with Gasteiger partial charge in [0, 0.05) is 18.7 Å². The van der Waals surface area contributed by atoms with Crippen LogP contribution < -0.4 is 15.5 Å². The van der Waals surface area contributed by atoms with Gasteiger partial charge in [-0.05, 0) is 41.8 Å². The number of amides is 3. The Hall–Kier alpha value is -4.11. The molecule has 0 fully saturated rings. The Morgan fingerprint density at radius 1 is 0.943 bits per heavy atom. The first kappa shape index (κ1) is 24.0. The molecule has 1 heterocycles. The first-order chi connectivity index (χ1) is 16.7. The molecule has 0 aliphatic carbocycles. The van der Waals surface area contributed by atoms with Crippen molar-refractivity contribution in [3.8, 4) is 11.1 Å². The topological polar surface area (TPSA) is 98.7 Å². The van der Waals surface area contributed by atoms with Crippen LogP contribution in [0.3, 0.4) is 0 Å². The standard InChI is InChI=1S/C26H23F2N3O4/c1-14(29-25(34)23(32)15-11-16(27)13-17(28)12-15)24(33)30-22-20-9-4-3-7-18(20)19-8-5-6-10-21(19)31(2)26(22)35/h3-14,22-23,32H,1-2H3,(H,29,34)(H,30,33)/t14-,22+,23+/m0/s1. The molecule has 0 aromatic heterocycles. The number of para-hydroxylation sites is 1. The van der Waals surface area contributed by atoms with Gasteiger partial charge in [-0.15, -0.1) is 0 Å². The van der Waals surface area contributed by atoms with Crippen LogP contribution in [0.5, 0.6) is 0 Å². The van der Waals surface area contributed by atoms with Crippen LogP contribution in [-0.2, 0) is 14.4 Å². The molecule has 9 heteroatoms. The van der Waals surface area contributed by atoms with Crippen LogP contribution in [0.1, 0.15) is 30.2 Å². The number of nitrogens with zero attached hydrogens (tertiary/aromatic N) is 1. The molecule has 3 aromatic rings. The summed E-state index contributed by atoms with van der Waals surface area (Å²) < 4.78 is 26.9. The quantitative estimate of drug-likeness (QED) is 0.524. The summed E-state index contributed by atoms with van der Waals surface area (Å²) in [6, 6.07) is 14.7. The number of hydrogen-bond donors (Lipinski definition) is 3. The van der Waals surface area contributed by atoms with Crippen molar-refractivity contribution in [1.29, 1.82) is 0 Å². The summed E-state index contributed by atoms with van der Waals surface area (Å²) in [6.45, 7) is 1.37. The number of aliphatic hydroxyl groups excluding tert-OH is 1. The first-order valence-electron chi connectivity index (χ1n) is 10.9. The van der Waals surface area contributed by atoms with Crippen molar-refractivity contribution in [2.24, 2.45) is 0 Å². The molecule has 7 nitrogen and oxygen atoms in total. The van der Waals surface area contributed by atoms with Crippen molar-refractivity contribution < 1.29 is 28.3 Å². The van der Waals surface area contributed by atoms with Gasteiger partial charge >= 0.3 is 0 Å². The Morgan fingerprint density at radius 3 is 2.23 bits per heavy atom. The van der Waals surface area contributed by atoms with Crippen molar-refractivity contribution in [1.82, 2.24) is 10.6 Å². The lowest BCUT2D eigenvalue weighted by Crippen LogP contribution is -2.49. The van der Waals surface area contributed by atoms with E-state index >= 15 is 0 Å². The van der Waals surface area contributed by atoms with Gasteiger partial charge in [0.15, 0.2) is 6.10 Å². The predicted octanol–water partition coefficient (Wildman–Crippen LogP) is 3.00. The molecular formula is C26H23F2N3O4. The number of halogens is 2. The summed E-state index contributed by atoms with van der Waals surface area (Å²) in [7, 11) is 1.62. The highest BCUT2D eigenvalue weighted by molar-refractivity contribution is 6.06. The minimum absolute atomic E-state index is 0.292. The van der Waals surface area contributed by atoms with Crippen LogP contribution in [0, 0.1) is 11.6 Å². The second-order valence-electron chi connectivity index (χ2n) is 8.28. The minimum atomic E-state index is -1.89. The van der Waals surface area contributed by atoms with Gasteiger partial charge in [-0.25, -0.2) is 8.78 Å². The molecule has 0 radical (unpaired) electrons. The molecule has 0 bridgehead atoms. The number of likely N-dealkylation sites (N-methyl/N-ethyl adjacent to an activating group) is 1. The molecule has 0 unspecified atom stereocenters. The lowest BCUT2D eigenvalue weighted by molar-refractivity contribution is -0.134. The fourth-order valence-electron chi connectivity index (χ4n) is 4.08. The monoisotopic (exact) mass is 479 g/mol. The molecule has 1 aliphatic rings. The number of benzene rings is 3. The number of hydrogen-bond acceptors (Lipinski definition) is 4. The van der Waals surface area contributed by atoms with E-state index in [1.54, 1.807) is 19.2 Å². The minimum Gasteiger partial charge on any atom is -0.378 e. The number of nitrogens with one attached hydrogen (secondary N) is 2. The van der Waals surface area contributed by atoms with Gasteiger partial charge < -0.3 is 20.6 Å². The van der Waals surface area contributed by atoms with Gasteiger partial charge in [-0.2, -0.15) is 0 Å². The second kappa shape index (κ2) is 9.63. The maximum Gasteiger partial charge on any atom is 0.254 e. The smallest absolute Gasteiger partial charge is 0.254 e. The zero-order valence-corrected chi connectivity index (χ0v) is 19.0. The lowest BCUT2D eigenvalue weighted by Gasteiger charge is -2.24. The number of aliphatic hydroxyl groups is 1. The van der Waals surface area contributed by atoms with Gasteiger partial charge in [-0.3, -0.25) is 14.4 Å². The van der Waals surface area contributed by atoms with Gasteiger partial charge in [0.1, 0.15) is 23.7 Å². The van der Waals surface area contributed by atoms with Crippen LogP contribution in [0.15, 0.2) is 66.7 Å². The fourth-order valence-corrected chi connectivity index (χ4v) is 4.08. The van der Waals surface area contributed by atoms with E-state index in [4.69, 9.17) is 0 Å². The van der Waals surface area contributed by atoms with Crippen molar-refractivity contribution >= 4 is 23.4 Å². The molecule has 3 aromatic carbocycles. The molecular weight excluding hydrogens is 456 g/mol. The van der Waals surface area contributed by atoms with E-state index in [9.17, 15) is 28.3 Å². The number of carbonyl (C=O) groups excluding carboxylic acids is 3. The van der Waals surface area contributed by atoms with Gasteiger partial charge in [0.25, 0.3) is 11.8 Å². The lowest BCUT2D eigenvalue weighted by atomic mass is 9.95. The molecule has 4 rings (SSSR count). The third kappa shape index (κ3) is 4.76. The highest BCUT2D eigenvalue weighted by atomic mass is 19.1. The summed E-state index contributed by atoms with van der Waals surface area (Å²) in [5, 5.41) is 15.2. The van der Waals surface area contributed by atoms with E-state index in [1.807, 2.05) is 36.4 Å². The molecule has 180 valence electrons. The van der Waals surface area contributed by atoms with E-state index in [0.29, 0.717) is 17.3 Å². The SMILES string of the molecule is C[C@H](NC(=O)[C@H](O)c1cc(F)cc(F)c1)C(=O)N[C@H]1C(=O)N(C)c2ccccc2-c2ccccc21. The summed E-state index contributed by atoms with van der Waals surface area (Å²) in [4.78, 5) is 40.2. The van der Waals surface area contributed by atoms with Crippen LogP contribution in [-0.4, -0.2) is 35.9 Å². The molecule has 1 aliphatic heterocycles. The van der Waals surface area contributed by atoms with E-state index in [2.05, 4.69) is 10.6 Å². The highest BCUT2D eigenvalue weighted by Crippen LogP contribution is 2.39. The second-order valence-corrected chi connectivity index (χ2v) is 8.28. The molecule has 3 atom stereocenters. The zero-order chi connectivity index (χ0) is 25.3. The maximum atomic E-state index is 13.4. The van der Waals surface area contributed by atoms with Gasteiger partial charge in [-0.1, -0.05) is 42.5 Å². The van der Waals surface area contributed by atoms with Crippen molar-refractivity contribution in [2.45, 2.75) is 25.1 Å². The number of carbonyl (C=O) groups is 3. The molecule has 35 heavy (non-hydrogen) atoms. The Bertz CT molecular complexity index is 1290. The van der Waals surface area contributed by atoms with Gasteiger partial charge in [0.2, 0.25) is 5.91 Å². The van der Waals surface area contributed by atoms with Crippen LogP contribution in [0.4, 0.5) is 14.5 Å².